The normalized spacial score (nSPS) is 18.1. The molecule has 146 valence electrons. The van der Waals surface area contributed by atoms with Gasteiger partial charge in [-0.1, -0.05) is 27.7 Å². The minimum atomic E-state index is -0.219. The van der Waals surface area contributed by atoms with Gasteiger partial charge in [-0.15, -0.1) is 0 Å². The van der Waals surface area contributed by atoms with Crippen LogP contribution in [0.15, 0.2) is 0 Å². The van der Waals surface area contributed by atoms with E-state index in [9.17, 15) is 9.59 Å². The number of carbonyl (C=O) groups excluding carboxylic acids is 2. The molecule has 0 aromatic rings. The Hall–Kier alpha value is -1.10. The van der Waals surface area contributed by atoms with Gasteiger partial charge in [-0.25, -0.2) is 0 Å². The van der Waals surface area contributed by atoms with Crippen molar-refractivity contribution in [2.24, 2.45) is 10.8 Å². The summed E-state index contributed by atoms with van der Waals surface area (Å²) in [5, 5.41) is 2.90. The van der Waals surface area contributed by atoms with E-state index in [0.29, 0.717) is 31.5 Å². The average molecular weight is 355 g/mol. The molecule has 0 aromatic heterocycles. The first kappa shape index (κ1) is 21.9. The van der Waals surface area contributed by atoms with Gasteiger partial charge < -0.3 is 15.0 Å². The number of nitrogens with zero attached hydrogens (tertiary/aromatic N) is 1. The lowest BCUT2D eigenvalue weighted by Crippen LogP contribution is -2.47. The first-order chi connectivity index (χ1) is 11.3. The molecule has 1 saturated heterocycles. The third-order valence-electron chi connectivity index (χ3n) is 5.48. The smallest absolute Gasteiger partial charge is 0.224 e. The molecule has 25 heavy (non-hydrogen) atoms. The second kappa shape index (κ2) is 8.52. The Morgan fingerprint density at radius 1 is 1.00 bits per heavy atom. The molecule has 1 fully saturated rings. The van der Waals surface area contributed by atoms with Gasteiger partial charge >= 0.3 is 0 Å². The second-order valence-electron chi connectivity index (χ2n) is 9.60. The SMILES string of the molecule is CC(C)(C)NC(=O)CCOCCC(=O)N1CCC(C)(C(C)(C)C)CC1. The number of nitrogens with one attached hydrogen (secondary N) is 1. The van der Waals surface area contributed by atoms with Gasteiger partial charge in [-0.3, -0.25) is 9.59 Å². The largest absolute Gasteiger partial charge is 0.380 e. The molecule has 0 spiro atoms. The summed E-state index contributed by atoms with van der Waals surface area (Å²) in [5.41, 5.74) is 0.336. The molecule has 1 aliphatic heterocycles. The van der Waals surface area contributed by atoms with Gasteiger partial charge in [-0.2, -0.15) is 0 Å². The van der Waals surface area contributed by atoms with Crippen molar-refractivity contribution in [2.45, 2.75) is 79.7 Å². The van der Waals surface area contributed by atoms with Crippen LogP contribution in [0.4, 0.5) is 0 Å². The Labute approximate surface area is 153 Å². The van der Waals surface area contributed by atoms with Crippen LogP contribution >= 0.6 is 0 Å². The van der Waals surface area contributed by atoms with E-state index in [1.165, 1.54) is 0 Å². The highest BCUT2D eigenvalue weighted by molar-refractivity contribution is 5.77. The van der Waals surface area contributed by atoms with Crippen LogP contribution < -0.4 is 5.32 Å². The third kappa shape index (κ3) is 7.35. The van der Waals surface area contributed by atoms with E-state index >= 15 is 0 Å². The molecule has 0 saturated carbocycles. The summed E-state index contributed by atoms with van der Waals surface area (Å²) in [4.78, 5) is 26.0. The maximum atomic E-state index is 12.3. The molecule has 0 radical (unpaired) electrons. The monoisotopic (exact) mass is 354 g/mol. The number of carbonyl (C=O) groups is 2. The van der Waals surface area contributed by atoms with Crippen LogP contribution in [0.5, 0.6) is 0 Å². The fourth-order valence-corrected chi connectivity index (χ4v) is 3.06. The highest BCUT2D eigenvalue weighted by Crippen LogP contribution is 2.46. The summed E-state index contributed by atoms with van der Waals surface area (Å²) in [6, 6.07) is 0. The predicted molar refractivity (Wildman–Crippen MR) is 101 cm³/mol. The molecule has 1 N–H and O–H groups in total. The molecule has 1 aliphatic rings. The van der Waals surface area contributed by atoms with E-state index in [1.54, 1.807) is 0 Å². The molecule has 0 atom stereocenters. The molecule has 5 nitrogen and oxygen atoms in total. The van der Waals surface area contributed by atoms with Crippen molar-refractivity contribution in [3.8, 4) is 0 Å². The van der Waals surface area contributed by atoms with Gasteiger partial charge in [0.05, 0.1) is 19.6 Å². The zero-order chi connectivity index (χ0) is 19.3. The summed E-state index contributed by atoms with van der Waals surface area (Å²) >= 11 is 0. The zero-order valence-electron chi connectivity index (χ0n) is 17.3. The van der Waals surface area contributed by atoms with Crippen molar-refractivity contribution in [3.05, 3.63) is 0 Å². The van der Waals surface area contributed by atoms with Crippen LogP contribution in [0.3, 0.4) is 0 Å². The minimum Gasteiger partial charge on any atom is -0.380 e. The van der Waals surface area contributed by atoms with Crippen molar-refractivity contribution in [1.29, 1.82) is 0 Å². The molecule has 0 aliphatic carbocycles. The van der Waals surface area contributed by atoms with E-state index < -0.39 is 0 Å². The van der Waals surface area contributed by atoms with E-state index in [4.69, 9.17) is 4.74 Å². The molecular formula is C20H38N2O3. The topological polar surface area (TPSA) is 58.6 Å². The van der Waals surface area contributed by atoms with Gasteiger partial charge in [0.2, 0.25) is 11.8 Å². The number of hydrogen-bond acceptors (Lipinski definition) is 3. The number of piperidine rings is 1. The summed E-state index contributed by atoms with van der Waals surface area (Å²) in [5.74, 6) is 0.145. The highest BCUT2D eigenvalue weighted by Gasteiger charge is 2.40. The molecule has 5 heteroatoms. The van der Waals surface area contributed by atoms with Crippen LogP contribution in [0.1, 0.15) is 74.1 Å². The van der Waals surface area contributed by atoms with E-state index in [-0.39, 0.29) is 22.8 Å². The molecule has 0 bridgehead atoms. The van der Waals surface area contributed by atoms with Crippen molar-refractivity contribution >= 4 is 11.8 Å². The average Bonchev–Trinajstić information content (AvgIpc) is 2.44. The van der Waals surface area contributed by atoms with Gasteiger partial charge in [0.25, 0.3) is 0 Å². The van der Waals surface area contributed by atoms with Crippen LogP contribution in [-0.4, -0.2) is 48.6 Å². The molecular weight excluding hydrogens is 316 g/mol. The van der Waals surface area contributed by atoms with Crippen LogP contribution in [-0.2, 0) is 14.3 Å². The van der Waals surface area contributed by atoms with Gasteiger partial charge in [0.1, 0.15) is 0 Å². The summed E-state index contributed by atoms with van der Waals surface area (Å²) < 4.78 is 5.47. The highest BCUT2D eigenvalue weighted by atomic mass is 16.5. The van der Waals surface area contributed by atoms with E-state index in [0.717, 1.165) is 25.9 Å². The lowest BCUT2D eigenvalue weighted by molar-refractivity contribution is -0.135. The fourth-order valence-electron chi connectivity index (χ4n) is 3.06. The predicted octanol–water partition coefficient (Wildman–Crippen LogP) is 3.37. The Kier molecular flexibility index (Phi) is 7.48. The van der Waals surface area contributed by atoms with Crippen molar-refractivity contribution in [2.75, 3.05) is 26.3 Å². The standard InChI is InChI=1S/C20H38N2O3/c1-18(2,3)20(7)10-12-22(13-11-20)17(24)9-15-25-14-8-16(23)21-19(4,5)6/h8-15H2,1-7H3,(H,21,23). The Bertz CT molecular complexity index is 453. The summed E-state index contributed by atoms with van der Waals surface area (Å²) in [7, 11) is 0. The quantitative estimate of drug-likeness (QED) is 0.744. The zero-order valence-corrected chi connectivity index (χ0v) is 17.3. The van der Waals surface area contributed by atoms with Gasteiger partial charge in [-0.05, 0) is 44.4 Å². The fraction of sp³-hybridized carbons (Fsp3) is 0.900. The molecule has 1 rings (SSSR count). The van der Waals surface area contributed by atoms with Crippen LogP contribution in [0.25, 0.3) is 0 Å². The number of ether oxygens (including phenoxy) is 1. The van der Waals surface area contributed by atoms with E-state index in [1.807, 2.05) is 25.7 Å². The maximum Gasteiger partial charge on any atom is 0.224 e. The van der Waals surface area contributed by atoms with Crippen LogP contribution in [0.2, 0.25) is 0 Å². The lowest BCUT2D eigenvalue weighted by atomic mass is 9.63. The first-order valence-electron chi connectivity index (χ1n) is 9.51. The Morgan fingerprint density at radius 3 is 2.00 bits per heavy atom. The van der Waals surface area contributed by atoms with Crippen molar-refractivity contribution in [3.63, 3.8) is 0 Å². The summed E-state index contributed by atoms with van der Waals surface area (Å²) in [6.45, 7) is 17.5. The maximum absolute atomic E-state index is 12.3. The second-order valence-corrected chi connectivity index (χ2v) is 9.60. The minimum absolute atomic E-state index is 0.0173. The van der Waals surface area contributed by atoms with Gasteiger partial charge in [0, 0.05) is 25.0 Å². The third-order valence-corrected chi connectivity index (χ3v) is 5.48. The van der Waals surface area contributed by atoms with Crippen molar-refractivity contribution in [1.82, 2.24) is 10.2 Å². The summed E-state index contributed by atoms with van der Waals surface area (Å²) in [6.07, 6.45) is 2.83. The lowest BCUT2D eigenvalue weighted by Gasteiger charge is -2.47. The van der Waals surface area contributed by atoms with Crippen molar-refractivity contribution < 1.29 is 14.3 Å². The number of amides is 2. The number of rotatable bonds is 6. The van der Waals surface area contributed by atoms with E-state index in [2.05, 4.69) is 33.0 Å². The number of likely N-dealkylation sites (tertiary alicyclic amines) is 1. The van der Waals surface area contributed by atoms with Crippen LogP contribution in [0, 0.1) is 10.8 Å². The first-order valence-corrected chi connectivity index (χ1v) is 9.51. The molecule has 0 unspecified atom stereocenters. The van der Waals surface area contributed by atoms with Gasteiger partial charge in [0.15, 0.2) is 0 Å². The molecule has 2 amide bonds. The Morgan fingerprint density at radius 2 is 1.52 bits per heavy atom. The number of hydrogen-bond donors (Lipinski definition) is 1. The molecule has 0 aromatic carbocycles. The molecule has 1 heterocycles. The Balaban J connectivity index is 2.21.